The Morgan fingerprint density at radius 1 is 0.906 bits per heavy atom. The smallest absolute Gasteiger partial charge is 0.293 e. The molecule has 0 radical (unpaired) electrons. The molecule has 0 bridgehead atoms. The normalized spacial score (nSPS) is 14.8. The van der Waals surface area contributed by atoms with E-state index in [1.165, 1.54) is 24.3 Å². The Labute approximate surface area is 188 Å². The number of benzene rings is 3. The van der Waals surface area contributed by atoms with Gasteiger partial charge in [-0.15, -0.1) is 0 Å². The highest BCUT2D eigenvalue weighted by molar-refractivity contribution is 8.18. The molecule has 7 nitrogen and oxygen atoms in total. The molecule has 0 spiro atoms. The number of nitro benzene ring substituents is 1. The van der Waals surface area contributed by atoms with Gasteiger partial charge >= 0.3 is 0 Å². The Morgan fingerprint density at radius 2 is 1.59 bits per heavy atom. The number of rotatable bonds is 7. The molecule has 1 aliphatic rings. The molecule has 0 saturated carbocycles. The zero-order valence-corrected chi connectivity index (χ0v) is 17.7. The Balaban J connectivity index is 1.49. The Bertz CT molecular complexity index is 1190. The summed E-state index contributed by atoms with van der Waals surface area (Å²) in [4.78, 5) is 37.0. The minimum Gasteiger partial charge on any atom is -0.488 e. The highest BCUT2D eigenvalue weighted by Gasteiger charge is 2.35. The monoisotopic (exact) mass is 446 g/mol. The zero-order valence-electron chi connectivity index (χ0n) is 16.8. The summed E-state index contributed by atoms with van der Waals surface area (Å²) in [6.07, 6.45) is 1.65. The summed E-state index contributed by atoms with van der Waals surface area (Å²) in [6, 6.07) is 22.8. The summed E-state index contributed by atoms with van der Waals surface area (Å²) in [7, 11) is 0. The predicted octanol–water partition coefficient (Wildman–Crippen LogP) is 5.41. The number of hydrogen-bond donors (Lipinski definition) is 0. The van der Waals surface area contributed by atoms with Gasteiger partial charge in [0.05, 0.1) is 16.4 Å². The van der Waals surface area contributed by atoms with Crippen LogP contribution in [0, 0.1) is 10.1 Å². The Hall–Kier alpha value is -3.91. The van der Waals surface area contributed by atoms with Crippen molar-refractivity contribution >= 4 is 34.7 Å². The highest BCUT2D eigenvalue weighted by Crippen LogP contribution is 2.35. The molecule has 160 valence electrons. The number of nitrogens with zero attached hydrogens (tertiary/aromatic N) is 2. The van der Waals surface area contributed by atoms with Gasteiger partial charge in [0.25, 0.3) is 16.8 Å². The molecule has 1 aliphatic heterocycles. The number of nitro groups is 1. The van der Waals surface area contributed by atoms with Crippen molar-refractivity contribution in [2.45, 2.75) is 13.2 Å². The van der Waals surface area contributed by atoms with Crippen molar-refractivity contribution in [2.24, 2.45) is 0 Å². The van der Waals surface area contributed by atoms with Gasteiger partial charge < -0.3 is 4.74 Å². The van der Waals surface area contributed by atoms with Crippen LogP contribution in [0.5, 0.6) is 5.75 Å². The molecule has 0 aliphatic carbocycles. The van der Waals surface area contributed by atoms with E-state index in [0.29, 0.717) is 28.4 Å². The topological polar surface area (TPSA) is 89.8 Å². The molecule has 0 unspecified atom stereocenters. The van der Waals surface area contributed by atoms with Gasteiger partial charge in [-0.25, -0.2) is 0 Å². The van der Waals surface area contributed by atoms with E-state index in [-0.39, 0.29) is 17.5 Å². The Kier molecular flexibility index (Phi) is 6.32. The van der Waals surface area contributed by atoms with E-state index < -0.39 is 10.8 Å². The molecular weight excluding hydrogens is 428 g/mol. The number of imide groups is 1. The molecule has 4 rings (SSSR count). The van der Waals surface area contributed by atoms with Gasteiger partial charge in [-0.05, 0) is 35.0 Å². The number of para-hydroxylation sites is 1. The van der Waals surface area contributed by atoms with Crippen LogP contribution in [0.4, 0.5) is 10.5 Å². The maximum absolute atomic E-state index is 12.9. The van der Waals surface area contributed by atoms with Crippen molar-refractivity contribution in [2.75, 3.05) is 0 Å². The molecule has 3 aromatic carbocycles. The van der Waals surface area contributed by atoms with Crippen LogP contribution in [-0.4, -0.2) is 21.0 Å². The average Bonchev–Trinajstić information content (AvgIpc) is 3.07. The van der Waals surface area contributed by atoms with E-state index in [9.17, 15) is 19.7 Å². The van der Waals surface area contributed by atoms with E-state index in [1.807, 2.05) is 54.6 Å². The molecule has 1 fully saturated rings. The Morgan fingerprint density at radius 3 is 2.31 bits per heavy atom. The van der Waals surface area contributed by atoms with Crippen LogP contribution in [0.15, 0.2) is 83.8 Å². The van der Waals surface area contributed by atoms with Gasteiger partial charge in [0.15, 0.2) is 0 Å². The maximum Gasteiger partial charge on any atom is 0.293 e. The number of carbonyl (C=O) groups is 2. The van der Waals surface area contributed by atoms with Crippen molar-refractivity contribution in [1.82, 2.24) is 4.90 Å². The van der Waals surface area contributed by atoms with Crippen LogP contribution >= 0.6 is 11.8 Å². The lowest BCUT2D eigenvalue weighted by Crippen LogP contribution is -2.27. The third-order valence-electron chi connectivity index (χ3n) is 4.80. The van der Waals surface area contributed by atoms with Crippen molar-refractivity contribution in [3.63, 3.8) is 0 Å². The minimum atomic E-state index is -0.496. The summed E-state index contributed by atoms with van der Waals surface area (Å²) in [5.41, 5.74) is 2.30. The van der Waals surface area contributed by atoms with Crippen molar-refractivity contribution in [3.8, 4) is 5.75 Å². The van der Waals surface area contributed by atoms with Gasteiger partial charge in [0.2, 0.25) is 0 Å². The number of hydrogen-bond acceptors (Lipinski definition) is 6. The van der Waals surface area contributed by atoms with Crippen molar-refractivity contribution < 1.29 is 19.2 Å². The predicted molar refractivity (Wildman–Crippen MR) is 122 cm³/mol. The summed E-state index contributed by atoms with van der Waals surface area (Å²) >= 11 is 0.862. The molecule has 0 aromatic heterocycles. The molecule has 1 heterocycles. The van der Waals surface area contributed by atoms with Crippen LogP contribution in [0.2, 0.25) is 0 Å². The zero-order chi connectivity index (χ0) is 22.5. The van der Waals surface area contributed by atoms with E-state index >= 15 is 0 Å². The first-order valence-electron chi connectivity index (χ1n) is 9.76. The van der Waals surface area contributed by atoms with Crippen LogP contribution in [-0.2, 0) is 17.9 Å². The number of amides is 2. The first-order chi connectivity index (χ1) is 15.5. The largest absolute Gasteiger partial charge is 0.488 e. The van der Waals surface area contributed by atoms with E-state index in [1.54, 1.807) is 6.08 Å². The molecule has 0 atom stereocenters. The molecule has 1 saturated heterocycles. The van der Waals surface area contributed by atoms with E-state index in [2.05, 4.69) is 0 Å². The summed E-state index contributed by atoms with van der Waals surface area (Å²) in [6.45, 7) is 0.430. The second-order valence-corrected chi connectivity index (χ2v) is 8.00. The van der Waals surface area contributed by atoms with Crippen molar-refractivity contribution in [1.29, 1.82) is 0 Å². The third-order valence-corrected chi connectivity index (χ3v) is 5.71. The SMILES string of the molecule is O=C1S/C(=C/c2ccccc2OCc2ccccc2)C(=O)N1Cc1ccc([N+](=O)[O-])cc1. The van der Waals surface area contributed by atoms with Gasteiger partial charge in [-0.1, -0.05) is 60.7 Å². The van der Waals surface area contributed by atoms with E-state index in [0.717, 1.165) is 22.2 Å². The fourth-order valence-electron chi connectivity index (χ4n) is 3.15. The van der Waals surface area contributed by atoms with Gasteiger partial charge in [-0.3, -0.25) is 24.6 Å². The molecule has 8 heteroatoms. The molecular formula is C24H18N2O5S. The van der Waals surface area contributed by atoms with Gasteiger partial charge in [0.1, 0.15) is 12.4 Å². The highest BCUT2D eigenvalue weighted by atomic mass is 32.2. The van der Waals surface area contributed by atoms with Crippen molar-refractivity contribution in [3.05, 3.63) is 111 Å². The van der Waals surface area contributed by atoms with Crippen LogP contribution in [0.1, 0.15) is 16.7 Å². The second kappa shape index (κ2) is 9.49. The fourth-order valence-corrected chi connectivity index (χ4v) is 3.98. The average molecular weight is 446 g/mol. The number of carbonyl (C=O) groups excluding carboxylic acids is 2. The maximum atomic E-state index is 12.9. The number of thioether (sulfide) groups is 1. The van der Waals surface area contributed by atoms with E-state index in [4.69, 9.17) is 4.74 Å². The molecule has 32 heavy (non-hydrogen) atoms. The summed E-state index contributed by atoms with van der Waals surface area (Å²) < 4.78 is 5.93. The lowest BCUT2D eigenvalue weighted by atomic mass is 10.1. The third kappa shape index (κ3) is 4.87. The molecule has 3 aromatic rings. The lowest BCUT2D eigenvalue weighted by Gasteiger charge is -2.12. The standard InChI is InChI=1S/C24H18N2O5S/c27-23-22(32-24(28)25(23)15-17-10-12-20(13-11-17)26(29)30)14-19-8-4-5-9-21(19)31-16-18-6-2-1-3-7-18/h1-14H,15-16H2/b22-14+. The summed E-state index contributed by atoms with van der Waals surface area (Å²) in [5.74, 6) is 0.203. The van der Waals surface area contributed by atoms with Gasteiger partial charge in [-0.2, -0.15) is 0 Å². The van der Waals surface area contributed by atoms with Crippen LogP contribution in [0.3, 0.4) is 0 Å². The molecule has 2 amide bonds. The first kappa shape index (κ1) is 21.3. The minimum absolute atomic E-state index is 0.0464. The second-order valence-electron chi connectivity index (χ2n) is 7.00. The molecule has 0 N–H and O–H groups in total. The van der Waals surface area contributed by atoms with Gasteiger partial charge in [0, 0.05) is 17.7 Å². The number of non-ortho nitro benzene ring substituents is 1. The number of ether oxygens (including phenoxy) is 1. The fraction of sp³-hybridized carbons (Fsp3) is 0.0833. The van der Waals surface area contributed by atoms with Crippen LogP contribution in [0.25, 0.3) is 6.08 Å². The first-order valence-corrected chi connectivity index (χ1v) is 10.6. The summed E-state index contributed by atoms with van der Waals surface area (Å²) in [5, 5.41) is 10.4. The lowest BCUT2D eigenvalue weighted by molar-refractivity contribution is -0.384. The van der Waals surface area contributed by atoms with Crippen LogP contribution < -0.4 is 4.74 Å². The quantitative estimate of drug-likeness (QED) is 0.274.